The fourth-order valence-corrected chi connectivity index (χ4v) is 2.25. The summed E-state index contributed by atoms with van der Waals surface area (Å²) in [6.45, 7) is 4.96. The van der Waals surface area contributed by atoms with Crippen molar-refractivity contribution in [1.29, 1.82) is 0 Å². The Bertz CT molecular complexity index is 881. The summed E-state index contributed by atoms with van der Waals surface area (Å²) < 4.78 is 10.2. The monoisotopic (exact) mass is 373 g/mol. The minimum atomic E-state index is -0.781. The number of hydrogen-bond acceptors (Lipinski definition) is 7. The first-order valence-corrected chi connectivity index (χ1v) is 8.14. The van der Waals surface area contributed by atoms with E-state index in [1.807, 2.05) is 0 Å². The van der Waals surface area contributed by atoms with E-state index in [1.54, 1.807) is 20.8 Å². The second kappa shape index (κ2) is 8.75. The quantitative estimate of drug-likeness (QED) is 0.450. The van der Waals surface area contributed by atoms with E-state index in [0.29, 0.717) is 6.61 Å². The van der Waals surface area contributed by atoms with Gasteiger partial charge in [0.05, 0.1) is 11.5 Å². The Morgan fingerprint density at radius 2 is 1.96 bits per heavy atom. The van der Waals surface area contributed by atoms with Crippen molar-refractivity contribution in [3.63, 3.8) is 0 Å². The molecule has 0 aliphatic rings. The van der Waals surface area contributed by atoms with Crippen molar-refractivity contribution >= 4 is 23.3 Å². The zero-order valence-electron chi connectivity index (χ0n) is 15.1. The molecule has 1 N–H and O–H groups in total. The smallest absolute Gasteiger partial charge is 0.344 e. The molecular formula is C18H19N3O6. The Hall–Kier alpha value is -3.49. The summed E-state index contributed by atoms with van der Waals surface area (Å²) in [7, 11) is 0. The Morgan fingerprint density at radius 3 is 2.63 bits per heavy atom. The van der Waals surface area contributed by atoms with E-state index >= 15 is 0 Å². The van der Waals surface area contributed by atoms with E-state index in [-0.39, 0.29) is 22.8 Å². The van der Waals surface area contributed by atoms with Gasteiger partial charge in [0.2, 0.25) is 5.88 Å². The molecule has 1 amide bonds. The van der Waals surface area contributed by atoms with Crippen molar-refractivity contribution in [2.45, 2.75) is 20.8 Å². The van der Waals surface area contributed by atoms with E-state index in [4.69, 9.17) is 9.47 Å². The van der Waals surface area contributed by atoms with Gasteiger partial charge in [-0.25, -0.2) is 9.78 Å². The van der Waals surface area contributed by atoms with Crippen LogP contribution < -0.4 is 10.1 Å². The van der Waals surface area contributed by atoms with Gasteiger partial charge in [-0.3, -0.25) is 14.9 Å². The van der Waals surface area contributed by atoms with Gasteiger partial charge in [-0.2, -0.15) is 0 Å². The molecule has 0 atom stereocenters. The van der Waals surface area contributed by atoms with E-state index < -0.39 is 23.4 Å². The highest BCUT2D eigenvalue weighted by Gasteiger charge is 2.20. The highest BCUT2D eigenvalue weighted by molar-refractivity contribution is 5.97. The summed E-state index contributed by atoms with van der Waals surface area (Å²) in [5, 5.41) is 13.6. The third-order valence-corrected chi connectivity index (χ3v) is 3.69. The number of pyridine rings is 1. The van der Waals surface area contributed by atoms with E-state index in [2.05, 4.69) is 10.3 Å². The first-order chi connectivity index (χ1) is 12.8. The lowest BCUT2D eigenvalue weighted by molar-refractivity contribution is -0.384. The molecule has 1 aromatic heterocycles. The lowest BCUT2D eigenvalue weighted by Crippen LogP contribution is -2.22. The minimum absolute atomic E-state index is 0.0422. The molecule has 0 saturated carbocycles. The number of nitro groups is 1. The van der Waals surface area contributed by atoms with Crippen molar-refractivity contribution in [2.75, 3.05) is 18.5 Å². The second-order valence-corrected chi connectivity index (χ2v) is 5.62. The zero-order chi connectivity index (χ0) is 20.0. The predicted octanol–water partition coefficient (Wildman–Crippen LogP) is 2.80. The van der Waals surface area contributed by atoms with Crippen molar-refractivity contribution in [3.8, 4) is 5.88 Å². The van der Waals surface area contributed by atoms with Crippen LogP contribution in [0, 0.1) is 24.0 Å². The van der Waals surface area contributed by atoms with Gasteiger partial charge in [0.15, 0.2) is 6.61 Å². The van der Waals surface area contributed by atoms with Crippen LogP contribution in [0.15, 0.2) is 30.5 Å². The molecule has 142 valence electrons. The third-order valence-electron chi connectivity index (χ3n) is 3.69. The summed E-state index contributed by atoms with van der Waals surface area (Å²) in [5.74, 6) is -1.37. The molecule has 27 heavy (non-hydrogen) atoms. The average molecular weight is 373 g/mol. The number of benzene rings is 1. The molecule has 1 heterocycles. The molecule has 0 fully saturated rings. The molecule has 2 rings (SSSR count). The van der Waals surface area contributed by atoms with Gasteiger partial charge in [0, 0.05) is 12.3 Å². The van der Waals surface area contributed by atoms with Gasteiger partial charge >= 0.3 is 5.97 Å². The van der Waals surface area contributed by atoms with Crippen LogP contribution in [0.25, 0.3) is 0 Å². The van der Waals surface area contributed by atoms with Crippen LogP contribution in [0.5, 0.6) is 5.88 Å². The molecule has 0 aliphatic heterocycles. The zero-order valence-corrected chi connectivity index (χ0v) is 15.1. The number of esters is 1. The standard InChI is InChI=1S/C18H19N3O6/c1-4-26-17-13(6-5-7-19-17)18(23)27-10-16(22)20-14-8-11(2)12(3)9-15(14)21(24)25/h5-9H,4,10H2,1-3H3,(H,20,22). The summed E-state index contributed by atoms with van der Waals surface area (Å²) in [5.41, 5.74) is 1.41. The number of carbonyl (C=O) groups excluding carboxylic acids is 2. The van der Waals surface area contributed by atoms with Crippen LogP contribution in [0.4, 0.5) is 11.4 Å². The van der Waals surface area contributed by atoms with Crippen LogP contribution >= 0.6 is 0 Å². The normalized spacial score (nSPS) is 10.2. The molecule has 9 heteroatoms. The maximum atomic E-state index is 12.1. The number of amides is 1. The number of nitrogens with one attached hydrogen (secondary N) is 1. The van der Waals surface area contributed by atoms with Gasteiger partial charge < -0.3 is 14.8 Å². The lowest BCUT2D eigenvalue weighted by atomic mass is 10.1. The minimum Gasteiger partial charge on any atom is -0.477 e. The van der Waals surface area contributed by atoms with Crippen LogP contribution in [-0.2, 0) is 9.53 Å². The van der Waals surface area contributed by atoms with E-state index in [0.717, 1.165) is 11.1 Å². The molecule has 0 saturated heterocycles. The van der Waals surface area contributed by atoms with Crippen LogP contribution in [-0.4, -0.2) is 35.0 Å². The maximum Gasteiger partial charge on any atom is 0.344 e. The fraction of sp³-hybridized carbons (Fsp3) is 0.278. The molecule has 0 aliphatic carbocycles. The number of hydrogen-bond donors (Lipinski definition) is 1. The molecule has 9 nitrogen and oxygen atoms in total. The number of aromatic nitrogens is 1. The molecule has 0 radical (unpaired) electrons. The van der Waals surface area contributed by atoms with Crippen LogP contribution in [0.1, 0.15) is 28.4 Å². The van der Waals surface area contributed by atoms with E-state index in [1.165, 1.54) is 30.5 Å². The number of rotatable bonds is 7. The lowest BCUT2D eigenvalue weighted by Gasteiger charge is -2.10. The maximum absolute atomic E-state index is 12.1. The Morgan fingerprint density at radius 1 is 1.26 bits per heavy atom. The summed E-state index contributed by atoms with van der Waals surface area (Å²) >= 11 is 0. The second-order valence-electron chi connectivity index (χ2n) is 5.62. The third kappa shape index (κ3) is 5.00. The SMILES string of the molecule is CCOc1ncccc1C(=O)OCC(=O)Nc1cc(C)c(C)cc1[N+](=O)[O-]. The Labute approximate surface area is 155 Å². The van der Waals surface area contributed by atoms with Gasteiger partial charge in [-0.1, -0.05) is 0 Å². The van der Waals surface area contributed by atoms with Crippen LogP contribution in [0.2, 0.25) is 0 Å². The molecular weight excluding hydrogens is 354 g/mol. The number of ether oxygens (including phenoxy) is 2. The number of anilines is 1. The van der Waals surface area contributed by atoms with E-state index in [9.17, 15) is 19.7 Å². The average Bonchev–Trinajstić information content (AvgIpc) is 2.63. The number of carbonyl (C=O) groups is 2. The summed E-state index contributed by atoms with van der Waals surface area (Å²) in [4.78, 5) is 38.7. The molecule has 0 bridgehead atoms. The molecule has 0 spiro atoms. The highest BCUT2D eigenvalue weighted by Crippen LogP contribution is 2.27. The molecule has 0 unspecified atom stereocenters. The van der Waals surface area contributed by atoms with Gasteiger partial charge in [-0.15, -0.1) is 0 Å². The van der Waals surface area contributed by atoms with Crippen molar-refractivity contribution in [1.82, 2.24) is 4.98 Å². The van der Waals surface area contributed by atoms with Gasteiger partial charge in [0.25, 0.3) is 11.6 Å². The van der Waals surface area contributed by atoms with Gasteiger partial charge in [-0.05, 0) is 50.1 Å². The van der Waals surface area contributed by atoms with Gasteiger partial charge in [0.1, 0.15) is 11.3 Å². The molecule has 1 aromatic carbocycles. The summed E-state index contributed by atoms with van der Waals surface area (Å²) in [6, 6.07) is 5.88. The Balaban J connectivity index is 2.06. The largest absolute Gasteiger partial charge is 0.477 e. The number of aryl methyl sites for hydroxylation is 2. The first-order valence-electron chi connectivity index (χ1n) is 8.14. The first kappa shape index (κ1) is 19.8. The molecule has 2 aromatic rings. The summed E-state index contributed by atoms with van der Waals surface area (Å²) in [6.07, 6.45) is 1.47. The van der Waals surface area contributed by atoms with Crippen molar-refractivity contribution < 1.29 is 24.0 Å². The fourth-order valence-electron chi connectivity index (χ4n) is 2.25. The van der Waals surface area contributed by atoms with Crippen molar-refractivity contribution in [2.24, 2.45) is 0 Å². The Kier molecular flexibility index (Phi) is 6.42. The van der Waals surface area contributed by atoms with Crippen LogP contribution in [0.3, 0.4) is 0 Å². The van der Waals surface area contributed by atoms with Crippen molar-refractivity contribution in [3.05, 3.63) is 57.3 Å². The topological polar surface area (TPSA) is 121 Å². The highest BCUT2D eigenvalue weighted by atomic mass is 16.6. The number of nitro benzene ring substituents is 1. The number of nitrogens with zero attached hydrogens (tertiary/aromatic N) is 2. The predicted molar refractivity (Wildman–Crippen MR) is 96.9 cm³/mol.